The minimum atomic E-state index is 0.745. The Morgan fingerprint density at radius 2 is 2.23 bits per heavy atom. The van der Waals surface area contributed by atoms with Gasteiger partial charge in [0.25, 0.3) is 0 Å². The Balaban J connectivity index is 2.51. The maximum atomic E-state index is 5.71. The molecule has 74 valence electrons. The van der Waals surface area contributed by atoms with E-state index in [1.807, 2.05) is 0 Å². The topological polar surface area (TPSA) is 55.0 Å². The summed E-state index contributed by atoms with van der Waals surface area (Å²) in [4.78, 5) is 2.31. The molecule has 0 bridgehead atoms. The fourth-order valence-corrected chi connectivity index (χ4v) is 1.64. The SMILES string of the molecule is CCCN(CC)Cc1nnsc1N. The van der Waals surface area contributed by atoms with Crippen molar-refractivity contribution in [3.8, 4) is 0 Å². The molecule has 0 saturated carbocycles. The van der Waals surface area contributed by atoms with Crippen molar-refractivity contribution < 1.29 is 0 Å². The molecular formula is C8H16N4S. The van der Waals surface area contributed by atoms with Crippen molar-refractivity contribution in [2.45, 2.75) is 26.8 Å². The highest BCUT2D eigenvalue weighted by molar-refractivity contribution is 7.09. The number of nitrogens with zero attached hydrogens (tertiary/aromatic N) is 3. The van der Waals surface area contributed by atoms with Gasteiger partial charge in [-0.05, 0) is 19.5 Å². The van der Waals surface area contributed by atoms with Gasteiger partial charge in [-0.3, -0.25) is 4.90 Å². The van der Waals surface area contributed by atoms with Crippen molar-refractivity contribution in [1.82, 2.24) is 14.5 Å². The summed E-state index contributed by atoms with van der Waals surface area (Å²) in [6, 6.07) is 0. The first kappa shape index (κ1) is 10.4. The molecule has 1 heterocycles. The molecule has 0 spiro atoms. The van der Waals surface area contributed by atoms with E-state index in [2.05, 4.69) is 28.3 Å². The van der Waals surface area contributed by atoms with Crippen molar-refractivity contribution in [2.24, 2.45) is 0 Å². The van der Waals surface area contributed by atoms with Gasteiger partial charge in [-0.25, -0.2) is 0 Å². The van der Waals surface area contributed by atoms with Gasteiger partial charge in [0, 0.05) is 18.1 Å². The van der Waals surface area contributed by atoms with Crippen molar-refractivity contribution in [3.63, 3.8) is 0 Å². The van der Waals surface area contributed by atoms with Crippen LogP contribution in [0.15, 0.2) is 0 Å². The molecule has 0 aliphatic rings. The Morgan fingerprint density at radius 1 is 1.46 bits per heavy atom. The normalized spacial score (nSPS) is 11.0. The molecule has 4 nitrogen and oxygen atoms in total. The Kier molecular flexibility index (Phi) is 4.11. The highest BCUT2D eigenvalue weighted by Crippen LogP contribution is 2.14. The van der Waals surface area contributed by atoms with Gasteiger partial charge in [-0.15, -0.1) is 5.10 Å². The summed E-state index contributed by atoms with van der Waals surface area (Å²) in [5, 5.41) is 4.73. The molecule has 0 amide bonds. The summed E-state index contributed by atoms with van der Waals surface area (Å²) in [5.41, 5.74) is 6.62. The van der Waals surface area contributed by atoms with Crippen LogP contribution >= 0.6 is 11.5 Å². The molecule has 0 saturated heterocycles. The molecule has 0 unspecified atom stereocenters. The first-order chi connectivity index (χ1) is 6.27. The third kappa shape index (κ3) is 2.93. The number of aromatic nitrogens is 2. The third-order valence-electron chi connectivity index (χ3n) is 1.95. The van der Waals surface area contributed by atoms with Crippen molar-refractivity contribution in [3.05, 3.63) is 5.69 Å². The van der Waals surface area contributed by atoms with Crippen LogP contribution in [0.25, 0.3) is 0 Å². The first-order valence-corrected chi connectivity index (χ1v) is 5.34. The minimum absolute atomic E-state index is 0.745. The molecule has 0 atom stereocenters. The van der Waals surface area contributed by atoms with Crippen LogP contribution in [0.2, 0.25) is 0 Å². The lowest BCUT2D eigenvalue weighted by molar-refractivity contribution is 0.277. The molecule has 1 rings (SSSR count). The van der Waals surface area contributed by atoms with Gasteiger partial charge >= 0.3 is 0 Å². The van der Waals surface area contributed by atoms with E-state index >= 15 is 0 Å². The molecule has 1 aromatic rings. The zero-order chi connectivity index (χ0) is 9.68. The van der Waals surface area contributed by atoms with Gasteiger partial charge in [0.05, 0.1) is 0 Å². The molecular weight excluding hydrogens is 184 g/mol. The summed E-state index contributed by atoms with van der Waals surface area (Å²) >= 11 is 1.26. The Labute approximate surface area is 82.9 Å². The maximum absolute atomic E-state index is 5.71. The fourth-order valence-electron chi connectivity index (χ4n) is 1.20. The number of anilines is 1. The number of hydrogen-bond donors (Lipinski definition) is 1. The highest BCUT2D eigenvalue weighted by atomic mass is 32.1. The maximum Gasteiger partial charge on any atom is 0.132 e. The van der Waals surface area contributed by atoms with Crippen LogP contribution in [0.1, 0.15) is 26.0 Å². The Morgan fingerprint density at radius 3 is 2.69 bits per heavy atom. The summed E-state index contributed by atoms with van der Waals surface area (Å²) in [7, 11) is 0. The molecule has 5 heteroatoms. The van der Waals surface area contributed by atoms with Crippen LogP contribution in [0.5, 0.6) is 0 Å². The van der Waals surface area contributed by atoms with Crippen molar-refractivity contribution in [2.75, 3.05) is 18.8 Å². The van der Waals surface area contributed by atoms with E-state index in [0.717, 1.165) is 36.8 Å². The lowest BCUT2D eigenvalue weighted by Crippen LogP contribution is -2.24. The lowest BCUT2D eigenvalue weighted by atomic mass is 10.3. The van der Waals surface area contributed by atoms with E-state index < -0.39 is 0 Å². The van der Waals surface area contributed by atoms with Gasteiger partial charge in [0.15, 0.2) is 0 Å². The van der Waals surface area contributed by atoms with Crippen molar-refractivity contribution >= 4 is 16.5 Å². The van der Waals surface area contributed by atoms with Gasteiger partial charge in [-0.1, -0.05) is 18.3 Å². The molecule has 0 aliphatic carbocycles. The van der Waals surface area contributed by atoms with Crippen LogP contribution in [-0.2, 0) is 6.54 Å². The van der Waals surface area contributed by atoms with Gasteiger partial charge in [0.2, 0.25) is 0 Å². The number of nitrogen functional groups attached to an aromatic ring is 1. The second-order valence-corrected chi connectivity index (χ2v) is 3.74. The monoisotopic (exact) mass is 200 g/mol. The summed E-state index contributed by atoms with van der Waals surface area (Å²) < 4.78 is 3.81. The zero-order valence-electron chi connectivity index (χ0n) is 8.16. The molecule has 0 aliphatic heterocycles. The average Bonchev–Trinajstić information content (AvgIpc) is 2.51. The van der Waals surface area contributed by atoms with Crippen LogP contribution < -0.4 is 5.73 Å². The first-order valence-electron chi connectivity index (χ1n) is 4.57. The van der Waals surface area contributed by atoms with E-state index in [1.165, 1.54) is 11.5 Å². The minimum Gasteiger partial charge on any atom is -0.388 e. The van der Waals surface area contributed by atoms with E-state index in [1.54, 1.807) is 0 Å². The standard InChI is InChI=1S/C8H16N4S/c1-3-5-12(4-2)6-7-8(9)13-11-10-7/h3-6,9H2,1-2H3. The Bertz CT molecular complexity index is 248. The highest BCUT2D eigenvalue weighted by Gasteiger charge is 2.08. The summed E-state index contributed by atoms with van der Waals surface area (Å²) in [5.74, 6) is 0. The largest absolute Gasteiger partial charge is 0.388 e. The fraction of sp³-hybridized carbons (Fsp3) is 0.750. The van der Waals surface area contributed by atoms with Crippen LogP contribution in [0.3, 0.4) is 0 Å². The molecule has 0 fully saturated rings. The third-order valence-corrected chi connectivity index (χ3v) is 2.54. The van der Waals surface area contributed by atoms with Crippen LogP contribution in [0.4, 0.5) is 5.00 Å². The molecule has 2 N–H and O–H groups in total. The lowest BCUT2D eigenvalue weighted by Gasteiger charge is -2.17. The van der Waals surface area contributed by atoms with Gasteiger partial charge in [-0.2, -0.15) is 0 Å². The smallest absolute Gasteiger partial charge is 0.132 e. The van der Waals surface area contributed by atoms with Gasteiger partial charge < -0.3 is 5.73 Å². The number of rotatable bonds is 5. The van der Waals surface area contributed by atoms with E-state index in [9.17, 15) is 0 Å². The molecule has 13 heavy (non-hydrogen) atoms. The quantitative estimate of drug-likeness (QED) is 0.779. The predicted molar refractivity (Wildman–Crippen MR) is 55.6 cm³/mol. The van der Waals surface area contributed by atoms with Crippen LogP contribution in [-0.4, -0.2) is 27.6 Å². The van der Waals surface area contributed by atoms with E-state index in [0.29, 0.717) is 0 Å². The second kappa shape index (κ2) is 5.14. The Hall–Kier alpha value is -0.680. The van der Waals surface area contributed by atoms with Crippen LogP contribution in [0, 0.1) is 0 Å². The zero-order valence-corrected chi connectivity index (χ0v) is 8.97. The van der Waals surface area contributed by atoms with E-state index in [-0.39, 0.29) is 0 Å². The summed E-state index contributed by atoms with van der Waals surface area (Å²) in [6.07, 6.45) is 1.16. The molecule has 0 radical (unpaired) electrons. The predicted octanol–water partition coefficient (Wildman–Crippen LogP) is 1.35. The van der Waals surface area contributed by atoms with E-state index in [4.69, 9.17) is 5.73 Å². The molecule has 0 aromatic carbocycles. The second-order valence-electron chi connectivity index (χ2n) is 2.95. The number of nitrogens with two attached hydrogens (primary N) is 1. The average molecular weight is 200 g/mol. The van der Waals surface area contributed by atoms with Gasteiger partial charge in [0.1, 0.15) is 10.7 Å². The number of hydrogen-bond acceptors (Lipinski definition) is 5. The molecule has 1 aromatic heterocycles. The summed E-state index contributed by atoms with van der Waals surface area (Å²) in [6.45, 7) is 7.27. The van der Waals surface area contributed by atoms with Crippen molar-refractivity contribution in [1.29, 1.82) is 0 Å².